The topological polar surface area (TPSA) is 122 Å². The van der Waals surface area contributed by atoms with Crippen molar-refractivity contribution >= 4 is 27.3 Å². The molecule has 0 aliphatic carbocycles. The molecule has 9 nitrogen and oxygen atoms in total. The Hall–Kier alpha value is -4.10. The second kappa shape index (κ2) is 9.80. The number of hydrogen-bond acceptors (Lipinski definition) is 7. The minimum Gasteiger partial charge on any atom is -0.497 e. The van der Waals surface area contributed by atoms with E-state index in [2.05, 4.69) is 10.3 Å². The van der Waals surface area contributed by atoms with Crippen molar-refractivity contribution in [1.82, 2.24) is 4.98 Å². The van der Waals surface area contributed by atoms with Crippen molar-refractivity contribution in [2.45, 2.75) is 4.90 Å². The van der Waals surface area contributed by atoms with E-state index in [-0.39, 0.29) is 21.9 Å². The van der Waals surface area contributed by atoms with Crippen molar-refractivity contribution < 1.29 is 22.7 Å². The van der Waals surface area contributed by atoms with Crippen LogP contribution in [0.25, 0.3) is 0 Å². The number of nitrogens with zero attached hydrogens (tertiary/aromatic N) is 3. The number of nitrogens with one attached hydrogen (secondary N) is 1. The highest BCUT2D eigenvalue weighted by Gasteiger charge is 2.31. The largest absolute Gasteiger partial charge is 0.497 e. The molecule has 3 aromatic rings. The number of carbonyl (C=O) groups is 1. The normalized spacial score (nSPS) is 10.7. The Labute approximate surface area is 185 Å². The molecule has 0 aliphatic rings. The van der Waals surface area contributed by atoms with Gasteiger partial charge in [-0.05, 0) is 36.4 Å². The zero-order valence-corrected chi connectivity index (χ0v) is 18.2. The highest BCUT2D eigenvalue weighted by Crippen LogP contribution is 2.36. The number of ether oxygens (including phenoxy) is 2. The molecular weight excluding hydrogens is 432 g/mol. The molecule has 0 unspecified atom stereocenters. The van der Waals surface area contributed by atoms with Gasteiger partial charge in [-0.15, -0.1) is 0 Å². The van der Waals surface area contributed by atoms with Crippen LogP contribution in [0.3, 0.4) is 0 Å². The number of aromatic nitrogens is 1. The minimum absolute atomic E-state index is 0.0490. The van der Waals surface area contributed by atoms with Crippen LogP contribution in [0, 0.1) is 11.3 Å². The van der Waals surface area contributed by atoms with Gasteiger partial charge >= 0.3 is 0 Å². The molecule has 3 rings (SSSR count). The maximum Gasteiger partial charge on any atom is 0.266 e. The molecule has 1 amide bonds. The van der Waals surface area contributed by atoms with Crippen LogP contribution in [0.2, 0.25) is 0 Å². The Morgan fingerprint density at radius 3 is 2.56 bits per heavy atom. The zero-order chi connectivity index (χ0) is 23.1. The van der Waals surface area contributed by atoms with Crippen LogP contribution in [0.4, 0.5) is 11.4 Å². The smallest absolute Gasteiger partial charge is 0.266 e. The lowest BCUT2D eigenvalue weighted by Gasteiger charge is -2.26. The third-order valence-corrected chi connectivity index (χ3v) is 6.28. The first-order chi connectivity index (χ1) is 15.4. The van der Waals surface area contributed by atoms with Gasteiger partial charge in [-0.25, -0.2) is 8.42 Å². The van der Waals surface area contributed by atoms with Gasteiger partial charge < -0.3 is 14.8 Å². The van der Waals surface area contributed by atoms with E-state index < -0.39 is 22.5 Å². The number of rotatable bonds is 8. The van der Waals surface area contributed by atoms with E-state index in [1.165, 1.54) is 50.7 Å². The number of sulfonamides is 1. The predicted molar refractivity (Wildman–Crippen MR) is 118 cm³/mol. The van der Waals surface area contributed by atoms with Crippen LogP contribution in [0.5, 0.6) is 11.5 Å². The number of amides is 1. The van der Waals surface area contributed by atoms with E-state index in [9.17, 15) is 18.5 Å². The fraction of sp³-hybridized carbons (Fsp3) is 0.136. The first-order valence-corrected chi connectivity index (χ1v) is 10.8. The average Bonchev–Trinajstić information content (AvgIpc) is 2.82. The monoisotopic (exact) mass is 452 g/mol. The molecule has 0 bridgehead atoms. The molecule has 0 radical (unpaired) electrons. The number of hydrogen-bond donors (Lipinski definition) is 1. The second-order valence-corrected chi connectivity index (χ2v) is 8.28. The van der Waals surface area contributed by atoms with Crippen molar-refractivity contribution in [2.75, 3.05) is 30.4 Å². The molecule has 0 saturated carbocycles. The third-order valence-electron chi connectivity index (χ3n) is 4.46. The molecule has 164 valence electrons. The highest BCUT2D eigenvalue weighted by molar-refractivity contribution is 7.93. The van der Waals surface area contributed by atoms with Crippen LogP contribution in [-0.4, -0.2) is 40.1 Å². The predicted octanol–water partition coefficient (Wildman–Crippen LogP) is 2.80. The van der Waals surface area contributed by atoms with Gasteiger partial charge in [0.2, 0.25) is 5.91 Å². The maximum atomic E-state index is 13.7. The van der Waals surface area contributed by atoms with E-state index >= 15 is 0 Å². The fourth-order valence-corrected chi connectivity index (χ4v) is 4.53. The first kappa shape index (κ1) is 22.6. The Morgan fingerprint density at radius 2 is 1.91 bits per heavy atom. The van der Waals surface area contributed by atoms with Crippen molar-refractivity contribution in [3.63, 3.8) is 0 Å². The van der Waals surface area contributed by atoms with Gasteiger partial charge in [0.15, 0.2) is 0 Å². The van der Waals surface area contributed by atoms with E-state index in [1.54, 1.807) is 30.5 Å². The van der Waals surface area contributed by atoms with Crippen LogP contribution in [0.15, 0.2) is 71.9 Å². The molecule has 2 aromatic carbocycles. The van der Waals surface area contributed by atoms with Gasteiger partial charge in [0, 0.05) is 12.3 Å². The van der Waals surface area contributed by atoms with Gasteiger partial charge in [-0.1, -0.05) is 12.1 Å². The summed E-state index contributed by atoms with van der Waals surface area (Å²) in [5, 5.41) is 12.0. The molecule has 0 spiro atoms. The Bertz CT molecular complexity index is 1260. The molecule has 0 atom stereocenters. The molecule has 0 aliphatic heterocycles. The van der Waals surface area contributed by atoms with Gasteiger partial charge in [0.1, 0.15) is 29.0 Å². The lowest BCUT2D eigenvalue weighted by molar-refractivity contribution is -0.114. The maximum absolute atomic E-state index is 13.7. The molecule has 1 N–H and O–H groups in total. The van der Waals surface area contributed by atoms with Crippen molar-refractivity contribution in [1.29, 1.82) is 5.26 Å². The Morgan fingerprint density at radius 1 is 1.12 bits per heavy atom. The summed E-state index contributed by atoms with van der Waals surface area (Å²) in [5.41, 5.74) is 0.442. The summed E-state index contributed by atoms with van der Waals surface area (Å²) in [6, 6.07) is 15.5. The standard InChI is InChI=1S/C22H20N4O5S/c1-30-18-9-10-20(31-2)19(12-18)26(15-22(27)25-17-7-5-11-24-14-17)32(28,29)21-8-4-3-6-16(21)13-23/h3-12,14H,15H2,1-2H3,(H,25,27). The van der Waals surface area contributed by atoms with Crippen LogP contribution < -0.4 is 19.1 Å². The van der Waals surface area contributed by atoms with Crippen molar-refractivity contribution in [3.05, 3.63) is 72.6 Å². The SMILES string of the molecule is COc1ccc(OC)c(N(CC(=O)Nc2cccnc2)S(=O)(=O)c2ccccc2C#N)c1. The molecule has 0 fully saturated rings. The summed E-state index contributed by atoms with van der Waals surface area (Å²) < 4.78 is 38.8. The van der Waals surface area contributed by atoms with Gasteiger partial charge in [0.25, 0.3) is 10.0 Å². The number of benzene rings is 2. The Kier molecular flexibility index (Phi) is 6.92. The quantitative estimate of drug-likeness (QED) is 0.558. The molecular formula is C22H20N4O5S. The summed E-state index contributed by atoms with van der Waals surface area (Å²) in [4.78, 5) is 16.5. The summed E-state index contributed by atoms with van der Waals surface area (Å²) in [6.07, 6.45) is 2.99. The summed E-state index contributed by atoms with van der Waals surface area (Å²) >= 11 is 0. The fourth-order valence-electron chi connectivity index (χ4n) is 2.96. The van der Waals surface area contributed by atoms with E-state index in [4.69, 9.17) is 9.47 Å². The number of methoxy groups -OCH3 is 2. The van der Waals surface area contributed by atoms with Gasteiger partial charge in [-0.2, -0.15) is 5.26 Å². The molecule has 0 saturated heterocycles. The minimum atomic E-state index is -4.34. The third kappa shape index (κ3) is 4.79. The van der Waals surface area contributed by atoms with Gasteiger partial charge in [-0.3, -0.25) is 14.1 Å². The van der Waals surface area contributed by atoms with E-state index in [0.717, 1.165) is 4.31 Å². The van der Waals surface area contributed by atoms with Crippen LogP contribution in [0.1, 0.15) is 5.56 Å². The summed E-state index contributed by atoms with van der Waals surface area (Å²) in [6.45, 7) is -0.583. The molecule has 10 heteroatoms. The first-order valence-electron chi connectivity index (χ1n) is 9.34. The average molecular weight is 452 g/mol. The molecule has 1 heterocycles. The highest BCUT2D eigenvalue weighted by atomic mass is 32.2. The number of nitriles is 1. The van der Waals surface area contributed by atoms with Crippen LogP contribution in [-0.2, 0) is 14.8 Å². The van der Waals surface area contributed by atoms with Crippen molar-refractivity contribution in [2.24, 2.45) is 0 Å². The van der Waals surface area contributed by atoms with Crippen molar-refractivity contribution in [3.8, 4) is 17.6 Å². The number of pyridine rings is 1. The van der Waals surface area contributed by atoms with E-state index in [0.29, 0.717) is 11.4 Å². The molecule has 1 aromatic heterocycles. The summed E-state index contributed by atoms with van der Waals surface area (Å²) in [7, 11) is -1.52. The molecule has 32 heavy (non-hydrogen) atoms. The second-order valence-electron chi connectivity index (χ2n) is 6.45. The van der Waals surface area contributed by atoms with E-state index in [1.807, 2.05) is 6.07 Å². The summed E-state index contributed by atoms with van der Waals surface area (Å²) in [5.74, 6) is -0.0406. The zero-order valence-electron chi connectivity index (χ0n) is 17.3. The van der Waals surface area contributed by atoms with Gasteiger partial charge in [0.05, 0.1) is 37.4 Å². The Balaban J connectivity index is 2.12. The van der Waals surface area contributed by atoms with Crippen LogP contribution >= 0.6 is 0 Å². The lowest BCUT2D eigenvalue weighted by atomic mass is 10.2. The number of carbonyl (C=O) groups excluding carboxylic acids is 1. The lowest BCUT2D eigenvalue weighted by Crippen LogP contribution is -2.38. The number of anilines is 2.